The van der Waals surface area contributed by atoms with Gasteiger partial charge >= 0.3 is 0 Å². The molecule has 500 valence electrons. The molecule has 0 aliphatic heterocycles. The van der Waals surface area contributed by atoms with E-state index in [1.807, 2.05) is 0 Å². The van der Waals surface area contributed by atoms with E-state index in [1.165, 1.54) is 105 Å². The summed E-state index contributed by atoms with van der Waals surface area (Å²) in [5.41, 5.74) is 26.4. The normalized spacial score (nSPS) is 13.0. The first-order valence-corrected chi connectivity index (χ1v) is 36.3. The molecule has 102 heavy (non-hydrogen) atoms. The Morgan fingerprint density at radius 2 is 0.657 bits per heavy atom. The number of hydrogen-bond donors (Lipinski definition) is 0. The summed E-state index contributed by atoms with van der Waals surface area (Å²) in [7, 11) is 0. The summed E-state index contributed by atoms with van der Waals surface area (Å²) in [5.74, 6) is 1.78. The second-order valence-corrected chi connectivity index (χ2v) is 29.1. The molecule has 0 bridgehead atoms. The lowest BCUT2D eigenvalue weighted by Crippen LogP contribution is -2.15. The number of anilines is 3. The first-order chi connectivity index (χ1) is 49.8. The van der Waals surface area contributed by atoms with Gasteiger partial charge in [-0.05, 0) is 222 Å². The quantitative estimate of drug-likeness (QED) is 0.0763. The number of fused-ring (bicyclic) bond motifs is 6. The molecule has 0 radical (unpaired) electrons. The lowest BCUT2D eigenvalue weighted by atomic mass is 9.76. The van der Waals surface area contributed by atoms with E-state index in [0.717, 1.165) is 65.1 Å². The number of hydrogen-bond acceptors (Lipinski definition) is 4. The largest absolute Gasteiger partial charge is 0.416 e. The second kappa shape index (κ2) is 27.8. The van der Waals surface area contributed by atoms with Crippen LogP contribution in [0.1, 0.15) is 117 Å². The Labute approximate surface area is 599 Å². The van der Waals surface area contributed by atoms with Crippen LogP contribution in [0.3, 0.4) is 0 Å². The van der Waals surface area contributed by atoms with Gasteiger partial charge in [-0.2, -0.15) is 0 Å². The molecule has 4 atom stereocenters. The van der Waals surface area contributed by atoms with Gasteiger partial charge in [-0.1, -0.05) is 257 Å². The molecule has 16 rings (SSSR count). The van der Waals surface area contributed by atoms with Gasteiger partial charge in [0.1, 0.15) is 0 Å². The molecule has 0 spiro atoms. The van der Waals surface area contributed by atoms with E-state index in [0.29, 0.717) is 17.7 Å². The summed E-state index contributed by atoms with van der Waals surface area (Å²) in [5, 5.41) is 14.1. The van der Waals surface area contributed by atoms with Gasteiger partial charge in [0, 0.05) is 72.5 Å². The predicted molar refractivity (Wildman–Crippen MR) is 428 cm³/mol. The Balaban J connectivity index is 0.728. The molecule has 0 fully saturated rings. The zero-order valence-corrected chi connectivity index (χ0v) is 59.3. The standard InChI is InChI=1S/C96H85N5O/c1-8-67(68-29-31-69(32-30-68)72-41-43-77(44-42-72)94-97-98-95(102-94)78-45-51-81(52-46-78)96(5,6)7)62-80(76-39-35-71(36-40-76)73-47-57-84(58-48-73)100(82-53-25-64(2)26-54-82)83-55-27-65(3)28-56-83)63-79(61-66(4)99-90-21-13-9-17-86(90)87-18-10-14-22-91(87)99)75-37-33-70(34-38-75)74-49-59-85(60-50-74)101-92-23-15-11-19-88(92)89-20-12-16-24-93(89)101/h9-60,66-67,79-80H,8,61-63H2,1-7H3. The number of aromatic nitrogens is 4. The van der Waals surface area contributed by atoms with Crippen molar-refractivity contribution < 1.29 is 4.42 Å². The summed E-state index contributed by atoms with van der Waals surface area (Å²) in [4.78, 5) is 2.35. The van der Waals surface area contributed by atoms with E-state index in [9.17, 15) is 0 Å². The van der Waals surface area contributed by atoms with Crippen LogP contribution in [-0.2, 0) is 5.41 Å². The molecule has 6 nitrogen and oxygen atoms in total. The van der Waals surface area contributed by atoms with Gasteiger partial charge in [0.2, 0.25) is 11.8 Å². The number of aryl methyl sites for hydroxylation is 2. The topological polar surface area (TPSA) is 52.0 Å². The van der Waals surface area contributed by atoms with E-state index in [-0.39, 0.29) is 23.3 Å². The van der Waals surface area contributed by atoms with Crippen LogP contribution in [0.15, 0.2) is 320 Å². The molecule has 3 heterocycles. The van der Waals surface area contributed by atoms with Gasteiger partial charge in [0.15, 0.2) is 0 Å². The molecular formula is C96H85N5O. The van der Waals surface area contributed by atoms with E-state index < -0.39 is 0 Å². The summed E-state index contributed by atoms with van der Waals surface area (Å²) in [6.45, 7) is 15.8. The van der Waals surface area contributed by atoms with Gasteiger partial charge in [0.05, 0.1) is 11.0 Å². The van der Waals surface area contributed by atoms with E-state index in [4.69, 9.17) is 4.42 Å². The first-order valence-electron chi connectivity index (χ1n) is 36.3. The van der Waals surface area contributed by atoms with E-state index in [1.54, 1.807) is 0 Å². The molecule has 0 aliphatic carbocycles. The number of para-hydroxylation sites is 4. The molecule has 3 aromatic heterocycles. The Morgan fingerprint density at radius 3 is 1.07 bits per heavy atom. The van der Waals surface area contributed by atoms with Crippen LogP contribution < -0.4 is 4.90 Å². The fraction of sp³-hybridized carbons (Fsp3) is 0.167. The van der Waals surface area contributed by atoms with E-state index >= 15 is 0 Å². The average Bonchev–Trinajstić information content (AvgIpc) is 1.61. The molecule has 0 saturated heterocycles. The van der Waals surface area contributed by atoms with E-state index in [2.05, 4.69) is 388 Å². The highest BCUT2D eigenvalue weighted by atomic mass is 16.4. The number of nitrogens with zero attached hydrogens (tertiary/aromatic N) is 5. The monoisotopic (exact) mass is 1320 g/mol. The predicted octanol–water partition coefficient (Wildman–Crippen LogP) is 26.5. The second-order valence-electron chi connectivity index (χ2n) is 29.1. The summed E-state index contributed by atoms with van der Waals surface area (Å²) < 4.78 is 11.3. The summed E-state index contributed by atoms with van der Waals surface area (Å²) in [6, 6.07) is 117. The van der Waals surface area contributed by atoms with Crippen LogP contribution in [0.4, 0.5) is 17.1 Å². The Morgan fingerprint density at radius 1 is 0.343 bits per heavy atom. The number of benzene rings is 13. The smallest absolute Gasteiger partial charge is 0.248 e. The Bertz CT molecular complexity index is 5410. The molecule has 4 unspecified atom stereocenters. The fourth-order valence-corrected chi connectivity index (χ4v) is 15.8. The van der Waals surface area contributed by atoms with Gasteiger partial charge in [-0.25, -0.2) is 0 Å². The third kappa shape index (κ3) is 13.1. The molecule has 0 aliphatic rings. The van der Waals surface area contributed by atoms with Crippen LogP contribution in [0.25, 0.3) is 106 Å². The van der Waals surface area contributed by atoms with Gasteiger partial charge in [-0.3, -0.25) is 0 Å². The highest BCUT2D eigenvalue weighted by Crippen LogP contribution is 2.46. The van der Waals surface area contributed by atoms with Crippen molar-refractivity contribution in [3.63, 3.8) is 0 Å². The average molecular weight is 1320 g/mol. The van der Waals surface area contributed by atoms with Crippen LogP contribution in [0.5, 0.6) is 0 Å². The van der Waals surface area contributed by atoms with Crippen LogP contribution in [0, 0.1) is 13.8 Å². The van der Waals surface area contributed by atoms with Crippen molar-refractivity contribution >= 4 is 60.7 Å². The third-order valence-corrected chi connectivity index (χ3v) is 21.4. The van der Waals surface area contributed by atoms with Crippen molar-refractivity contribution in [2.24, 2.45) is 0 Å². The van der Waals surface area contributed by atoms with Crippen LogP contribution in [-0.4, -0.2) is 19.3 Å². The minimum absolute atomic E-state index is 0.0614. The number of rotatable bonds is 20. The van der Waals surface area contributed by atoms with Crippen molar-refractivity contribution in [1.82, 2.24) is 19.3 Å². The van der Waals surface area contributed by atoms with Crippen molar-refractivity contribution in [2.45, 2.75) is 103 Å². The molecule has 0 N–H and O–H groups in total. The summed E-state index contributed by atoms with van der Waals surface area (Å²) >= 11 is 0. The van der Waals surface area contributed by atoms with Crippen molar-refractivity contribution in [3.05, 3.63) is 349 Å². The molecule has 0 amide bonds. The Hall–Kier alpha value is -11.6. The third-order valence-electron chi connectivity index (χ3n) is 21.4. The zero-order valence-electron chi connectivity index (χ0n) is 59.3. The highest BCUT2D eigenvalue weighted by Gasteiger charge is 2.28. The molecule has 16 aromatic rings. The molecule has 0 saturated carbocycles. The van der Waals surface area contributed by atoms with Gasteiger partial charge in [-0.15, -0.1) is 10.2 Å². The maximum Gasteiger partial charge on any atom is 0.248 e. The lowest BCUT2D eigenvalue weighted by Gasteiger charge is -2.30. The van der Waals surface area contributed by atoms with Crippen molar-refractivity contribution in [3.8, 4) is 62.0 Å². The fourth-order valence-electron chi connectivity index (χ4n) is 15.8. The molecule has 6 heteroatoms. The molecular weight excluding hydrogens is 1240 g/mol. The highest BCUT2D eigenvalue weighted by molar-refractivity contribution is 6.10. The maximum atomic E-state index is 6.26. The lowest BCUT2D eigenvalue weighted by molar-refractivity contribution is 0.400. The Kier molecular flexibility index (Phi) is 17.8. The van der Waals surface area contributed by atoms with Crippen molar-refractivity contribution in [2.75, 3.05) is 4.90 Å². The maximum absolute atomic E-state index is 6.26. The minimum atomic E-state index is 0.0614. The van der Waals surface area contributed by atoms with Crippen LogP contribution >= 0.6 is 0 Å². The summed E-state index contributed by atoms with van der Waals surface area (Å²) in [6.07, 6.45) is 3.94. The van der Waals surface area contributed by atoms with Crippen LogP contribution in [0.2, 0.25) is 0 Å². The van der Waals surface area contributed by atoms with Gasteiger partial charge in [0.25, 0.3) is 0 Å². The van der Waals surface area contributed by atoms with Gasteiger partial charge < -0.3 is 18.5 Å². The zero-order chi connectivity index (χ0) is 69.4. The van der Waals surface area contributed by atoms with Crippen molar-refractivity contribution in [1.29, 1.82) is 0 Å². The SMILES string of the molecule is CCC(CC(CC(CC(C)n1c2ccccc2c2ccccc21)c1ccc(-c2ccc(-n3c4ccccc4c4ccccc43)cc2)cc1)c1ccc(-c2ccc(N(c3ccc(C)cc3)c3ccc(C)cc3)cc2)cc1)c1ccc(-c2ccc(-c3nnc(-c4ccc(C(C)(C)C)cc4)o3)cc2)cc1. The molecule has 13 aromatic carbocycles. The minimum Gasteiger partial charge on any atom is -0.416 e. The first kappa shape index (κ1) is 65.0.